The summed E-state index contributed by atoms with van der Waals surface area (Å²) in [6, 6.07) is 13.3. The standard InChI is InChI=1S/C19H17BrN2O5/c1-12(10-21)27-19(24)13-3-8-16(17(9-13)25-2)26-11-18(23)22-15-6-4-14(20)5-7-15/h3-9,12H,11H2,1-2H3,(H,22,23). The summed E-state index contributed by atoms with van der Waals surface area (Å²) in [4.78, 5) is 24.0. The number of esters is 1. The maximum Gasteiger partial charge on any atom is 0.339 e. The predicted molar refractivity (Wildman–Crippen MR) is 102 cm³/mol. The lowest BCUT2D eigenvalue weighted by Gasteiger charge is -2.12. The van der Waals surface area contributed by atoms with Gasteiger partial charge < -0.3 is 19.5 Å². The Hall–Kier alpha value is -3.05. The average molecular weight is 433 g/mol. The minimum Gasteiger partial charge on any atom is -0.493 e. The second kappa shape index (κ2) is 9.59. The highest BCUT2D eigenvalue weighted by Crippen LogP contribution is 2.28. The first kappa shape index (κ1) is 20.3. The SMILES string of the molecule is COc1cc(C(=O)OC(C)C#N)ccc1OCC(=O)Nc1ccc(Br)cc1. The highest BCUT2D eigenvalue weighted by Gasteiger charge is 2.15. The second-order valence-corrected chi connectivity index (χ2v) is 6.30. The molecule has 0 spiro atoms. The molecule has 0 fully saturated rings. The number of benzene rings is 2. The van der Waals surface area contributed by atoms with E-state index in [1.807, 2.05) is 18.2 Å². The number of hydrogen-bond donors (Lipinski definition) is 1. The van der Waals surface area contributed by atoms with Gasteiger partial charge in [-0.15, -0.1) is 0 Å². The molecule has 7 nitrogen and oxygen atoms in total. The van der Waals surface area contributed by atoms with Crippen molar-refractivity contribution < 1.29 is 23.8 Å². The zero-order valence-corrected chi connectivity index (χ0v) is 16.3. The van der Waals surface area contributed by atoms with E-state index in [1.165, 1.54) is 32.2 Å². The van der Waals surface area contributed by atoms with E-state index < -0.39 is 12.1 Å². The molecule has 0 saturated carbocycles. The highest BCUT2D eigenvalue weighted by molar-refractivity contribution is 9.10. The quantitative estimate of drug-likeness (QED) is 0.671. The zero-order chi connectivity index (χ0) is 19.8. The molecule has 2 aromatic carbocycles. The van der Waals surface area contributed by atoms with Crippen LogP contribution in [-0.4, -0.2) is 31.7 Å². The molecule has 8 heteroatoms. The first-order valence-electron chi connectivity index (χ1n) is 7.89. The molecule has 1 atom stereocenters. The number of halogens is 1. The van der Waals surface area contributed by atoms with Crippen LogP contribution in [-0.2, 0) is 9.53 Å². The van der Waals surface area contributed by atoms with Crippen molar-refractivity contribution >= 4 is 33.5 Å². The Morgan fingerprint density at radius 1 is 1.19 bits per heavy atom. The van der Waals surface area contributed by atoms with Gasteiger partial charge in [0.15, 0.2) is 24.2 Å². The molecule has 2 rings (SSSR count). The van der Waals surface area contributed by atoms with Gasteiger partial charge in [0.1, 0.15) is 6.07 Å². The van der Waals surface area contributed by atoms with Crippen LogP contribution in [0.25, 0.3) is 0 Å². The molecular weight excluding hydrogens is 416 g/mol. The number of anilines is 1. The minimum absolute atomic E-state index is 0.209. The van der Waals surface area contributed by atoms with E-state index in [9.17, 15) is 9.59 Å². The summed E-state index contributed by atoms with van der Waals surface area (Å²) < 4.78 is 16.5. The Labute approximate surface area is 165 Å². The van der Waals surface area contributed by atoms with Gasteiger partial charge in [0, 0.05) is 10.2 Å². The Bertz CT molecular complexity index is 861. The number of ether oxygens (including phenoxy) is 3. The first-order chi connectivity index (χ1) is 12.9. The van der Waals surface area contributed by atoms with Gasteiger partial charge in [0.25, 0.3) is 5.91 Å². The molecule has 0 heterocycles. The van der Waals surface area contributed by atoms with Gasteiger partial charge in [-0.3, -0.25) is 4.79 Å². The van der Waals surface area contributed by atoms with E-state index >= 15 is 0 Å². The van der Waals surface area contributed by atoms with Crippen LogP contribution in [0.1, 0.15) is 17.3 Å². The van der Waals surface area contributed by atoms with Gasteiger partial charge in [-0.05, 0) is 49.4 Å². The minimum atomic E-state index is -0.860. The molecule has 1 unspecified atom stereocenters. The van der Waals surface area contributed by atoms with Crippen molar-refractivity contribution in [3.63, 3.8) is 0 Å². The Balaban J connectivity index is 1.99. The van der Waals surface area contributed by atoms with E-state index in [2.05, 4.69) is 21.2 Å². The highest BCUT2D eigenvalue weighted by atomic mass is 79.9. The number of rotatable bonds is 7. The van der Waals surface area contributed by atoms with Crippen LogP contribution in [0.3, 0.4) is 0 Å². The lowest BCUT2D eigenvalue weighted by Crippen LogP contribution is -2.20. The van der Waals surface area contributed by atoms with E-state index in [0.29, 0.717) is 11.4 Å². The third-order valence-corrected chi connectivity index (χ3v) is 3.88. The van der Waals surface area contributed by atoms with Crippen molar-refractivity contribution in [2.45, 2.75) is 13.0 Å². The van der Waals surface area contributed by atoms with Crippen molar-refractivity contribution in [2.24, 2.45) is 0 Å². The van der Waals surface area contributed by atoms with E-state index in [1.54, 1.807) is 12.1 Å². The Kier molecular flexibility index (Phi) is 7.20. The summed E-state index contributed by atoms with van der Waals surface area (Å²) in [6.45, 7) is 1.23. The van der Waals surface area contributed by atoms with Crippen LogP contribution >= 0.6 is 15.9 Å². The number of methoxy groups -OCH3 is 1. The topological polar surface area (TPSA) is 97.7 Å². The van der Waals surface area contributed by atoms with Crippen molar-refractivity contribution in [2.75, 3.05) is 19.0 Å². The largest absolute Gasteiger partial charge is 0.493 e. The van der Waals surface area contributed by atoms with E-state index in [4.69, 9.17) is 19.5 Å². The summed E-state index contributed by atoms with van der Waals surface area (Å²) in [5.41, 5.74) is 0.851. The fourth-order valence-corrected chi connectivity index (χ4v) is 2.31. The van der Waals surface area contributed by atoms with Crippen LogP contribution in [0, 0.1) is 11.3 Å². The lowest BCUT2D eigenvalue weighted by molar-refractivity contribution is -0.118. The van der Waals surface area contributed by atoms with Gasteiger partial charge in [-0.25, -0.2) is 4.79 Å². The monoisotopic (exact) mass is 432 g/mol. The summed E-state index contributed by atoms with van der Waals surface area (Å²) >= 11 is 3.32. The van der Waals surface area contributed by atoms with Crippen LogP contribution in [0.2, 0.25) is 0 Å². The van der Waals surface area contributed by atoms with Crippen LogP contribution in [0.5, 0.6) is 11.5 Å². The van der Waals surface area contributed by atoms with Crippen LogP contribution in [0.15, 0.2) is 46.9 Å². The molecule has 1 N–H and O–H groups in total. The van der Waals surface area contributed by atoms with Gasteiger partial charge in [-0.1, -0.05) is 15.9 Å². The third kappa shape index (κ3) is 6.01. The number of amides is 1. The molecule has 27 heavy (non-hydrogen) atoms. The number of carbonyl (C=O) groups is 2. The maximum atomic E-state index is 12.0. The van der Waals surface area contributed by atoms with Gasteiger partial charge in [-0.2, -0.15) is 5.26 Å². The van der Waals surface area contributed by atoms with E-state index in [0.717, 1.165) is 4.47 Å². The van der Waals surface area contributed by atoms with Crippen molar-refractivity contribution in [3.8, 4) is 17.6 Å². The van der Waals surface area contributed by atoms with Gasteiger partial charge >= 0.3 is 5.97 Å². The molecule has 0 aliphatic rings. The molecule has 0 aromatic heterocycles. The fraction of sp³-hybridized carbons (Fsp3) is 0.211. The molecule has 1 amide bonds. The predicted octanol–water partition coefficient (Wildman–Crippen LogP) is 3.54. The Morgan fingerprint density at radius 2 is 1.89 bits per heavy atom. The third-order valence-electron chi connectivity index (χ3n) is 3.35. The molecule has 0 saturated heterocycles. The number of hydrogen-bond acceptors (Lipinski definition) is 6. The number of nitrogens with zero attached hydrogens (tertiary/aromatic N) is 1. The molecule has 0 bridgehead atoms. The van der Waals surface area contributed by atoms with Crippen molar-refractivity contribution in [1.82, 2.24) is 0 Å². The molecule has 2 aromatic rings. The molecule has 0 radical (unpaired) electrons. The van der Waals surface area contributed by atoms with Crippen molar-refractivity contribution in [3.05, 3.63) is 52.5 Å². The Morgan fingerprint density at radius 3 is 2.52 bits per heavy atom. The van der Waals surface area contributed by atoms with E-state index in [-0.39, 0.29) is 23.8 Å². The van der Waals surface area contributed by atoms with Crippen LogP contribution in [0.4, 0.5) is 5.69 Å². The zero-order valence-electron chi connectivity index (χ0n) is 14.7. The van der Waals surface area contributed by atoms with Crippen LogP contribution < -0.4 is 14.8 Å². The summed E-state index contributed by atoms with van der Waals surface area (Å²) in [5, 5.41) is 11.4. The molecular formula is C19H17BrN2O5. The number of nitrogens with one attached hydrogen (secondary N) is 1. The molecule has 140 valence electrons. The second-order valence-electron chi connectivity index (χ2n) is 5.39. The number of carbonyl (C=O) groups excluding carboxylic acids is 2. The normalized spacial score (nSPS) is 11.0. The van der Waals surface area contributed by atoms with Gasteiger partial charge in [0.2, 0.25) is 0 Å². The molecule has 0 aliphatic heterocycles. The maximum absolute atomic E-state index is 12.0. The lowest BCUT2D eigenvalue weighted by atomic mass is 10.2. The molecule has 0 aliphatic carbocycles. The first-order valence-corrected chi connectivity index (χ1v) is 8.69. The smallest absolute Gasteiger partial charge is 0.339 e. The van der Waals surface area contributed by atoms with Gasteiger partial charge in [0.05, 0.1) is 12.7 Å². The number of nitriles is 1. The fourth-order valence-electron chi connectivity index (χ4n) is 2.04. The average Bonchev–Trinajstić information content (AvgIpc) is 2.67. The summed E-state index contributed by atoms with van der Waals surface area (Å²) in [7, 11) is 1.41. The van der Waals surface area contributed by atoms with Crippen molar-refractivity contribution in [1.29, 1.82) is 5.26 Å². The summed E-state index contributed by atoms with van der Waals surface area (Å²) in [6.07, 6.45) is -0.860. The summed E-state index contributed by atoms with van der Waals surface area (Å²) in [5.74, 6) is -0.425.